The first-order valence-corrected chi connectivity index (χ1v) is 28.7. The van der Waals surface area contributed by atoms with Crippen molar-refractivity contribution in [3.05, 3.63) is 97.2 Å². The fourth-order valence-electron chi connectivity index (χ4n) is 7.71. The molecule has 0 aliphatic carbocycles. The molecule has 0 bridgehead atoms. The standard InChI is InChI=1S/C63H106O6/c1-4-7-10-13-16-19-22-24-25-26-27-28-29-30-31-32-33-34-35-36-37-39-41-44-47-50-53-56-62(65)68-59-60(58-67-61(64)55-52-49-46-43-40-21-18-15-12-9-6-3)69-63(66)57-54-51-48-45-42-38-23-20-17-14-11-8-5-2/h7,10,15-16,18-20,23-25,27-28,30-31,33-34,60H,4-6,8-9,11-14,17,21-22,26,29,32,35-59H2,1-3H3/b10-7-,18-15-,19-16-,23-20-,25-24-,28-27-,31-30-,34-33-. The highest BCUT2D eigenvalue weighted by molar-refractivity contribution is 5.71. The normalized spacial score (nSPS) is 12.8. The quantitative estimate of drug-likeness (QED) is 0.0262. The van der Waals surface area contributed by atoms with Gasteiger partial charge in [-0.15, -0.1) is 0 Å². The fourth-order valence-corrected chi connectivity index (χ4v) is 7.71. The zero-order valence-corrected chi connectivity index (χ0v) is 45.0. The number of hydrogen-bond donors (Lipinski definition) is 0. The molecule has 0 saturated carbocycles. The van der Waals surface area contributed by atoms with Crippen LogP contribution in [-0.4, -0.2) is 37.2 Å². The van der Waals surface area contributed by atoms with Gasteiger partial charge in [0.15, 0.2) is 6.10 Å². The first-order chi connectivity index (χ1) is 34.0. The predicted octanol–water partition coefficient (Wildman–Crippen LogP) is 19.3. The van der Waals surface area contributed by atoms with Gasteiger partial charge >= 0.3 is 17.9 Å². The molecule has 69 heavy (non-hydrogen) atoms. The molecule has 1 atom stereocenters. The lowest BCUT2D eigenvalue weighted by Gasteiger charge is -2.18. The number of carbonyl (C=O) groups excluding carboxylic acids is 3. The van der Waals surface area contributed by atoms with Gasteiger partial charge in [-0.1, -0.05) is 227 Å². The zero-order valence-electron chi connectivity index (χ0n) is 45.0. The number of esters is 3. The molecule has 0 aromatic heterocycles. The number of hydrogen-bond acceptors (Lipinski definition) is 6. The van der Waals surface area contributed by atoms with Crippen LogP contribution in [0.4, 0.5) is 0 Å². The van der Waals surface area contributed by atoms with E-state index in [-0.39, 0.29) is 31.1 Å². The molecule has 0 aliphatic heterocycles. The van der Waals surface area contributed by atoms with Gasteiger partial charge in [0.2, 0.25) is 0 Å². The van der Waals surface area contributed by atoms with E-state index in [2.05, 4.69) is 118 Å². The molecular formula is C63H106O6. The molecule has 0 N–H and O–H groups in total. The van der Waals surface area contributed by atoms with Crippen molar-refractivity contribution in [1.29, 1.82) is 0 Å². The Kier molecular flexibility index (Phi) is 53.9. The van der Waals surface area contributed by atoms with E-state index < -0.39 is 6.10 Å². The van der Waals surface area contributed by atoms with Crippen molar-refractivity contribution in [2.24, 2.45) is 0 Å². The van der Waals surface area contributed by atoms with Crippen molar-refractivity contribution >= 4 is 17.9 Å². The molecule has 0 aliphatic rings. The van der Waals surface area contributed by atoms with Crippen LogP contribution in [0.15, 0.2) is 97.2 Å². The number of allylic oxidation sites excluding steroid dienone is 16. The smallest absolute Gasteiger partial charge is 0.306 e. The van der Waals surface area contributed by atoms with Gasteiger partial charge in [-0.2, -0.15) is 0 Å². The minimum atomic E-state index is -0.788. The van der Waals surface area contributed by atoms with Crippen LogP contribution in [0, 0.1) is 0 Å². The van der Waals surface area contributed by atoms with Crippen LogP contribution in [-0.2, 0) is 28.6 Å². The molecule has 0 aromatic rings. The molecule has 0 amide bonds. The summed E-state index contributed by atoms with van der Waals surface area (Å²) in [4.78, 5) is 38.0. The molecule has 1 unspecified atom stereocenters. The summed E-state index contributed by atoms with van der Waals surface area (Å²) in [6, 6.07) is 0. The van der Waals surface area contributed by atoms with E-state index in [1.807, 2.05) is 0 Å². The van der Waals surface area contributed by atoms with Crippen molar-refractivity contribution in [3.8, 4) is 0 Å². The summed E-state index contributed by atoms with van der Waals surface area (Å²) in [5.41, 5.74) is 0. The molecule has 0 aromatic carbocycles. The summed E-state index contributed by atoms with van der Waals surface area (Å²) < 4.78 is 16.8. The average Bonchev–Trinajstić information content (AvgIpc) is 3.35. The van der Waals surface area contributed by atoms with E-state index in [1.54, 1.807) is 0 Å². The number of carbonyl (C=O) groups is 3. The first-order valence-electron chi connectivity index (χ1n) is 28.7. The van der Waals surface area contributed by atoms with Crippen molar-refractivity contribution in [3.63, 3.8) is 0 Å². The lowest BCUT2D eigenvalue weighted by atomic mass is 10.1. The maximum Gasteiger partial charge on any atom is 0.306 e. The second kappa shape index (κ2) is 56.9. The average molecular weight is 960 g/mol. The Bertz CT molecular complexity index is 1380. The van der Waals surface area contributed by atoms with E-state index in [0.717, 1.165) is 122 Å². The molecule has 0 saturated heterocycles. The van der Waals surface area contributed by atoms with E-state index in [0.29, 0.717) is 19.3 Å². The van der Waals surface area contributed by atoms with Gasteiger partial charge in [-0.3, -0.25) is 14.4 Å². The van der Waals surface area contributed by atoms with Crippen LogP contribution in [0.2, 0.25) is 0 Å². The fraction of sp³-hybridized carbons (Fsp3) is 0.698. The monoisotopic (exact) mass is 959 g/mol. The Morgan fingerprint density at radius 2 is 0.580 bits per heavy atom. The number of ether oxygens (including phenoxy) is 3. The molecule has 6 heteroatoms. The van der Waals surface area contributed by atoms with E-state index >= 15 is 0 Å². The van der Waals surface area contributed by atoms with Gasteiger partial charge in [0.1, 0.15) is 13.2 Å². The van der Waals surface area contributed by atoms with Crippen molar-refractivity contribution in [1.82, 2.24) is 0 Å². The highest BCUT2D eigenvalue weighted by atomic mass is 16.6. The van der Waals surface area contributed by atoms with Crippen LogP contribution >= 0.6 is 0 Å². The summed E-state index contributed by atoms with van der Waals surface area (Å²) in [6.45, 7) is 6.45. The van der Waals surface area contributed by atoms with Crippen LogP contribution < -0.4 is 0 Å². The Morgan fingerprint density at radius 3 is 0.942 bits per heavy atom. The Labute approximate surface area is 426 Å². The molecule has 0 radical (unpaired) electrons. The molecular weight excluding hydrogens is 853 g/mol. The van der Waals surface area contributed by atoms with Gasteiger partial charge in [-0.05, 0) is 116 Å². The predicted molar refractivity (Wildman–Crippen MR) is 297 cm³/mol. The first kappa shape index (κ1) is 65.3. The van der Waals surface area contributed by atoms with Crippen LogP contribution in [0.5, 0.6) is 0 Å². The topological polar surface area (TPSA) is 78.9 Å². The maximum absolute atomic E-state index is 12.8. The lowest BCUT2D eigenvalue weighted by molar-refractivity contribution is -0.167. The zero-order chi connectivity index (χ0) is 50.0. The third kappa shape index (κ3) is 55.1. The molecule has 0 fully saturated rings. The van der Waals surface area contributed by atoms with E-state index in [9.17, 15) is 14.4 Å². The minimum Gasteiger partial charge on any atom is -0.462 e. The molecule has 394 valence electrons. The Balaban J connectivity index is 4.28. The highest BCUT2D eigenvalue weighted by Gasteiger charge is 2.19. The summed E-state index contributed by atoms with van der Waals surface area (Å²) in [6.07, 6.45) is 75.4. The lowest BCUT2D eigenvalue weighted by Crippen LogP contribution is -2.30. The summed E-state index contributed by atoms with van der Waals surface area (Å²) in [5.74, 6) is -0.913. The second-order valence-corrected chi connectivity index (χ2v) is 18.8. The molecule has 0 spiro atoms. The van der Waals surface area contributed by atoms with Gasteiger partial charge in [0.05, 0.1) is 0 Å². The van der Waals surface area contributed by atoms with Crippen LogP contribution in [0.1, 0.15) is 265 Å². The Morgan fingerprint density at radius 1 is 0.304 bits per heavy atom. The highest BCUT2D eigenvalue weighted by Crippen LogP contribution is 2.14. The van der Waals surface area contributed by atoms with Crippen molar-refractivity contribution in [2.45, 2.75) is 271 Å². The number of unbranched alkanes of at least 4 members (excludes halogenated alkanes) is 24. The maximum atomic E-state index is 12.8. The van der Waals surface area contributed by atoms with Crippen molar-refractivity contribution < 1.29 is 28.6 Å². The molecule has 0 heterocycles. The largest absolute Gasteiger partial charge is 0.462 e. The van der Waals surface area contributed by atoms with Gasteiger partial charge < -0.3 is 14.2 Å². The van der Waals surface area contributed by atoms with Crippen LogP contribution in [0.3, 0.4) is 0 Å². The van der Waals surface area contributed by atoms with Gasteiger partial charge in [-0.25, -0.2) is 0 Å². The second-order valence-electron chi connectivity index (χ2n) is 18.8. The summed E-state index contributed by atoms with van der Waals surface area (Å²) >= 11 is 0. The third-order valence-corrected chi connectivity index (χ3v) is 12.0. The minimum absolute atomic E-state index is 0.0876. The molecule has 0 rings (SSSR count). The van der Waals surface area contributed by atoms with E-state index in [1.165, 1.54) is 103 Å². The summed E-state index contributed by atoms with van der Waals surface area (Å²) in [5, 5.41) is 0. The Hall–Kier alpha value is -3.67. The van der Waals surface area contributed by atoms with E-state index in [4.69, 9.17) is 14.2 Å². The SMILES string of the molecule is CC/C=C\C/C=C\C/C=C\C/C=C\C/C=C\C/C=C\CCCCCCCCCCC(=O)OCC(COC(=O)CCCCCCC/C=C\CCCC)OC(=O)CCCCCCC/C=C\CCCCCC. The van der Waals surface area contributed by atoms with Gasteiger partial charge in [0.25, 0.3) is 0 Å². The summed E-state index contributed by atoms with van der Waals surface area (Å²) in [7, 11) is 0. The molecule has 6 nitrogen and oxygen atoms in total. The van der Waals surface area contributed by atoms with Gasteiger partial charge in [0, 0.05) is 19.3 Å². The van der Waals surface area contributed by atoms with Crippen LogP contribution in [0.25, 0.3) is 0 Å². The number of rotatable bonds is 51. The van der Waals surface area contributed by atoms with Crippen molar-refractivity contribution in [2.75, 3.05) is 13.2 Å². The third-order valence-electron chi connectivity index (χ3n) is 12.0.